The Morgan fingerprint density at radius 2 is 2.00 bits per heavy atom. The molecule has 1 aromatic rings. The van der Waals surface area contributed by atoms with E-state index in [1.165, 1.54) is 5.56 Å². The van der Waals surface area contributed by atoms with Crippen molar-refractivity contribution < 1.29 is 0 Å². The maximum absolute atomic E-state index is 5.88. The van der Waals surface area contributed by atoms with E-state index in [0.29, 0.717) is 0 Å². The molecule has 0 fully saturated rings. The highest BCUT2D eigenvalue weighted by Crippen LogP contribution is 2.19. The van der Waals surface area contributed by atoms with Gasteiger partial charge in [0.05, 0.1) is 5.02 Å². The zero-order valence-corrected chi connectivity index (χ0v) is 7.87. The number of rotatable bonds is 1. The Morgan fingerprint density at radius 3 is 2.55 bits per heavy atom. The van der Waals surface area contributed by atoms with E-state index in [0.717, 1.165) is 22.7 Å². The van der Waals surface area contributed by atoms with Gasteiger partial charge in [-0.2, -0.15) is 0 Å². The minimum atomic E-state index is 0.764. The lowest BCUT2D eigenvalue weighted by molar-refractivity contribution is 0.996. The summed E-state index contributed by atoms with van der Waals surface area (Å²) in [5.74, 6) is 0. The van der Waals surface area contributed by atoms with Crippen LogP contribution in [0.25, 0.3) is 0 Å². The minimum absolute atomic E-state index is 0.764. The van der Waals surface area contributed by atoms with Crippen molar-refractivity contribution in [3.63, 3.8) is 0 Å². The fourth-order valence-corrected chi connectivity index (χ4v) is 1.27. The molecule has 0 aliphatic rings. The minimum Gasteiger partial charge on any atom is -0.259 e. The lowest BCUT2D eigenvalue weighted by Gasteiger charge is -2.06. The van der Waals surface area contributed by atoms with Crippen LogP contribution in [-0.2, 0) is 6.42 Å². The molecule has 1 nitrogen and oxygen atoms in total. The fourth-order valence-electron chi connectivity index (χ4n) is 1.08. The van der Waals surface area contributed by atoms with E-state index in [1.807, 2.05) is 6.92 Å². The standard InChI is InChI=1S/C9H12ClN/c1-4-9-7(3)6(2)8(10)5-11-9/h5H,4H2,1-3H3. The SMILES string of the molecule is CCc1ncc(Cl)c(C)c1C. The van der Waals surface area contributed by atoms with Gasteiger partial charge in [0.25, 0.3) is 0 Å². The quantitative estimate of drug-likeness (QED) is 0.630. The van der Waals surface area contributed by atoms with Gasteiger partial charge in [0.2, 0.25) is 0 Å². The summed E-state index contributed by atoms with van der Waals surface area (Å²) in [6.45, 7) is 6.19. The predicted octanol–water partition coefficient (Wildman–Crippen LogP) is 2.91. The van der Waals surface area contributed by atoms with Crippen molar-refractivity contribution in [1.82, 2.24) is 4.98 Å². The highest BCUT2D eigenvalue weighted by Gasteiger charge is 2.03. The average molecular weight is 170 g/mol. The van der Waals surface area contributed by atoms with Crippen molar-refractivity contribution in [1.29, 1.82) is 0 Å². The van der Waals surface area contributed by atoms with Crippen LogP contribution in [0.3, 0.4) is 0 Å². The number of halogens is 1. The smallest absolute Gasteiger partial charge is 0.0621 e. The van der Waals surface area contributed by atoms with Gasteiger partial charge >= 0.3 is 0 Å². The lowest BCUT2D eigenvalue weighted by Crippen LogP contribution is -1.94. The van der Waals surface area contributed by atoms with Gasteiger partial charge in [-0.05, 0) is 31.4 Å². The van der Waals surface area contributed by atoms with Gasteiger partial charge in [-0.25, -0.2) is 0 Å². The summed E-state index contributed by atoms with van der Waals surface area (Å²) >= 11 is 5.88. The Labute approximate surface area is 72.4 Å². The number of pyridine rings is 1. The molecule has 0 spiro atoms. The second-order valence-corrected chi connectivity index (χ2v) is 3.06. The molecule has 0 aliphatic heterocycles. The highest BCUT2D eigenvalue weighted by atomic mass is 35.5. The number of aromatic nitrogens is 1. The summed E-state index contributed by atoms with van der Waals surface area (Å²) < 4.78 is 0. The third-order valence-corrected chi connectivity index (χ3v) is 2.40. The molecule has 0 N–H and O–H groups in total. The van der Waals surface area contributed by atoms with Crippen molar-refractivity contribution >= 4 is 11.6 Å². The summed E-state index contributed by atoms with van der Waals surface area (Å²) in [7, 11) is 0. The molecule has 0 unspecified atom stereocenters. The topological polar surface area (TPSA) is 12.9 Å². The van der Waals surface area contributed by atoms with E-state index in [-0.39, 0.29) is 0 Å². The van der Waals surface area contributed by atoms with E-state index < -0.39 is 0 Å². The molecule has 0 atom stereocenters. The Morgan fingerprint density at radius 1 is 1.36 bits per heavy atom. The molecule has 0 aromatic carbocycles. The van der Waals surface area contributed by atoms with Crippen LogP contribution >= 0.6 is 11.6 Å². The lowest BCUT2D eigenvalue weighted by atomic mass is 10.1. The van der Waals surface area contributed by atoms with Crippen LogP contribution in [0.1, 0.15) is 23.7 Å². The first-order valence-corrected chi connectivity index (χ1v) is 4.15. The van der Waals surface area contributed by atoms with Gasteiger partial charge < -0.3 is 0 Å². The van der Waals surface area contributed by atoms with Crippen LogP contribution < -0.4 is 0 Å². The maximum atomic E-state index is 5.88. The molecule has 0 bridgehead atoms. The van der Waals surface area contributed by atoms with E-state index in [9.17, 15) is 0 Å². The van der Waals surface area contributed by atoms with E-state index in [2.05, 4.69) is 18.8 Å². The monoisotopic (exact) mass is 169 g/mol. The third kappa shape index (κ3) is 1.54. The number of hydrogen-bond donors (Lipinski definition) is 0. The van der Waals surface area contributed by atoms with Crippen molar-refractivity contribution in [3.8, 4) is 0 Å². The van der Waals surface area contributed by atoms with Crippen LogP contribution in [-0.4, -0.2) is 4.98 Å². The number of aryl methyl sites for hydroxylation is 1. The molecule has 0 aliphatic carbocycles. The van der Waals surface area contributed by atoms with Crippen LogP contribution in [0.2, 0.25) is 5.02 Å². The summed E-state index contributed by atoms with van der Waals surface area (Å²) in [5, 5.41) is 0.764. The van der Waals surface area contributed by atoms with Gasteiger partial charge in [0, 0.05) is 11.9 Å². The fraction of sp³-hybridized carbons (Fsp3) is 0.444. The molecule has 1 aromatic heterocycles. The van der Waals surface area contributed by atoms with Crippen LogP contribution in [0.4, 0.5) is 0 Å². The molecule has 0 amide bonds. The first kappa shape index (κ1) is 8.54. The summed E-state index contributed by atoms with van der Waals surface area (Å²) in [5.41, 5.74) is 3.52. The van der Waals surface area contributed by atoms with Crippen LogP contribution in [0.5, 0.6) is 0 Å². The Bertz CT molecular complexity index is 269. The first-order valence-electron chi connectivity index (χ1n) is 3.77. The molecule has 0 saturated carbocycles. The molecule has 11 heavy (non-hydrogen) atoms. The molecular weight excluding hydrogens is 158 g/mol. The number of hydrogen-bond acceptors (Lipinski definition) is 1. The average Bonchev–Trinajstić information content (AvgIpc) is 2.01. The van der Waals surface area contributed by atoms with Crippen molar-refractivity contribution in [2.45, 2.75) is 27.2 Å². The highest BCUT2D eigenvalue weighted by molar-refractivity contribution is 6.31. The predicted molar refractivity (Wildman–Crippen MR) is 48.1 cm³/mol. The van der Waals surface area contributed by atoms with Gasteiger partial charge in [-0.15, -0.1) is 0 Å². The molecule has 1 heterocycles. The zero-order chi connectivity index (χ0) is 8.43. The van der Waals surface area contributed by atoms with Gasteiger partial charge in [-0.1, -0.05) is 18.5 Å². The van der Waals surface area contributed by atoms with Gasteiger partial charge in [0.1, 0.15) is 0 Å². The molecule has 1 rings (SSSR count). The summed E-state index contributed by atoms with van der Waals surface area (Å²) in [4.78, 5) is 4.23. The third-order valence-electron chi connectivity index (χ3n) is 2.02. The largest absolute Gasteiger partial charge is 0.259 e. The van der Waals surface area contributed by atoms with E-state index >= 15 is 0 Å². The van der Waals surface area contributed by atoms with Gasteiger partial charge in [0.15, 0.2) is 0 Å². The Kier molecular flexibility index (Phi) is 2.50. The second kappa shape index (κ2) is 3.22. The van der Waals surface area contributed by atoms with Gasteiger partial charge in [-0.3, -0.25) is 4.98 Å². The number of nitrogens with zero attached hydrogens (tertiary/aromatic N) is 1. The molecular formula is C9H12ClN. The normalized spacial score (nSPS) is 10.2. The maximum Gasteiger partial charge on any atom is 0.0621 e. The zero-order valence-electron chi connectivity index (χ0n) is 7.11. The summed E-state index contributed by atoms with van der Waals surface area (Å²) in [6.07, 6.45) is 2.70. The Balaban J connectivity index is 3.25. The molecule has 0 saturated heterocycles. The van der Waals surface area contributed by atoms with E-state index in [1.54, 1.807) is 6.20 Å². The van der Waals surface area contributed by atoms with Crippen molar-refractivity contribution in [3.05, 3.63) is 28.0 Å². The molecule has 0 radical (unpaired) electrons. The Hall–Kier alpha value is -0.560. The van der Waals surface area contributed by atoms with E-state index in [4.69, 9.17) is 11.6 Å². The van der Waals surface area contributed by atoms with Crippen molar-refractivity contribution in [2.24, 2.45) is 0 Å². The summed E-state index contributed by atoms with van der Waals surface area (Å²) in [6, 6.07) is 0. The second-order valence-electron chi connectivity index (χ2n) is 2.66. The van der Waals surface area contributed by atoms with Crippen LogP contribution in [0.15, 0.2) is 6.20 Å². The molecule has 2 heteroatoms. The van der Waals surface area contributed by atoms with Crippen LogP contribution in [0, 0.1) is 13.8 Å². The molecule has 60 valence electrons. The first-order chi connectivity index (χ1) is 5.16. The van der Waals surface area contributed by atoms with Crippen molar-refractivity contribution in [2.75, 3.05) is 0 Å².